The molecule has 0 aliphatic heterocycles. The lowest BCUT2D eigenvalue weighted by Gasteiger charge is -2.22. The molecule has 6 heteroatoms. The van der Waals surface area contributed by atoms with E-state index in [4.69, 9.17) is 0 Å². The van der Waals surface area contributed by atoms with E-state index < -0.39 is 0 Å². The predicted molar refractivity (Wildman–Crippen MR) is 117 cm³/mol. The fraction of sp³-hybridized carbons (Fsp3) is 0.318. The lowest BCUT2D eigenvalue weighted by atomic mass is 10.1. The number of nitrogens with one attached hydrogen (secondary N) is 2. The van der Waals surface area contributed by atoms with Gasteiger partial charge in [0.1, 0.15) is 0 Å². The first-order chi connectivity index (χ1) is 13.5. The summed E-state index contributed by atoms with van der Waals surface area (Å²) in [5, 5.41) is 14.8. The van der Waals surface area contributed by atoms with Gasteiger partial charge in [-0.15, -0.1) is 5.10 Å². The molecule has 0 amide bonds. The van der Waals surface area contributed by atoms with Crippen molar-refractivity contribution in [3.05, 3.63) is 59.3 Å². The fourth-order valence-corrected chi connectivity index (χ4v) is 3.30. The highest BCUT2D eigenvalue weighted by molar-refractivity contribution is 5.66. The van der Waals surface area contributed by atoms with Gasteiger partial charge in [-0.1, -0.05) is 6.07 Å². The van der Waals surface area contributed by atoms with Crippen LogP contribution in [0.5, 0.6) is 0 Å². The molecule has 0 atom stereocenters. The Hall–Kier alpha value is -3.15. The van der Waals surface area contributed by atoms with E-state index >= 15 is 0 Å². The normalized spacial score (nSPS) is 10.6. The second-order valence-corrected chi connectivity index (χ2v) is 6.96. The average Bonchev–Trinajstić information content (AvgIpc) is 2.64. The number of hydrogen-bond donors (Lipinski definition) is 2. The van der Waals surface area contributed by atoms with Gasteiger partial charge in [-0.25, -0.2) is 0 Å². The molecule has 1 aromatic heterocycles. The van der Waals surface area contributed by atoms with E-state index in [1.54, 1.807) is 6.20 Å². The van der Waals surface area contributed by atoms with Crippen LogP contribution >= 0.6 is 0 Å². The van der Waals surface area contributed by atoms with Crippen LogP contribution < -0.4 is 15.5 Å². The minimum absolute atomic E-state index is 0.465. The lowest BCUT2D eigenvalue weighted by Crippen LogP contribution is -2.21. The van der Waals surface area contributed by atoms with Gasteiger partial charge in [0.2, 0.25) is 5.95 Å². The van der Waals surface area contributed by atoms with Gasteiger partial charge >= 0.3 is 0 Å². The Bertz CT molecular complexity index is 929. The molecule has 0 unspecified atom stereocenters. The Morgan fingerprint density at radius 3 is 2.25 bits per heavy atom. The summed E-state index contributed by atoms with van der Waals surface area (Å²) >= 11 is 0. The topological polar surface area (TPSA) is 66.0 Å². The van der Waals surface area contributed by atoms with Crippen molar-refractivity contribution in [3.8, 4) is 0 Å². The van der Waals surface area contributed by atoms with Gasteiger partial charge in [0.05, 0.1) is 6.20 Å². The van der Waals surface area contributed by atoms with Gasteiger partial charge in [-0.05, 0) is 81.6 Å². The Kier molecular flexibility index (Phi) is 6.09. The van der Waals surface area contributed by atoms with Gasteiger partial charge < -0.3 is 15.5 Å². The second-order valence-electron chi connectivity index (χ2n) is 6.96. The monoisotopic (exact) mass is 376 g/mol. The zero-order chi connectivity index (χ0) is 20.1. The highest BCUT2D eigenvalue weighted by atomic mass is 15.3. The fourth-order valence-electron chi connectivity index (χ4n) is 3.30. The molecule has 0 bridgehead atoms. The number of aryl methyl sites for hydroxylation is 3. The molecule has 1 heterocycles. The van der Waals surface area contributed by atoms with E-state index in [0.717, 1.165) is 30.0 Å². The van der Waals surface area contributed by atoms with E-state index in [0.29, 0.717) is 11.8 Å². The first kappa shape index (κ1) is 19.6. The predicted octanol–water partition coefficient (Wildman–Crippen LogP) is 5.13. The molecule has 0 radical (unpaired) electrons. The van der Waals surface area contributed by atoms with Crippen LogP contribution in [0.4, 0.5) is 28.8 Å². The van der Waals surface area contributed by atoms with Crippen molar-refractivity contribution < 1.29 is 0 Å². The average molecular weight is 377 g/mol. The molecule has 0 saturated carbocycles. The Morgan fingerprint density at radius 2 is 1.61 bits per heavy atom. The van der Waals surface area contributed by atoms with Gasteiger partial charge in [0, 0.05) is 30.2 Å². The van der Waals surface area contributed by atoms with Crippen LogP contribution in [-0.2, 0) is 0 Å². The maximum atomic E-state index is 4.55. The van der Waals surface area contributed by atoms with Crippen molar-refractivity contribution in [2.24, 2.45) is 0 Å². The lowest BCUT2D eigenvalue weighted by molar-refractivity contribution is 0.866. The molecule has 3 rings (SSSR count). The third kappa shape index (κ3) is 4.76. The van der Waals surface area contributed by atoms with Crippen molar-refractivity contribution in [2.75, 3.05) is 28.6 Å². The molecule has 28 heavy (non-hydrogen) atoms. The summed E-state index contributed by atoms with van der Waals surface area (Å²) in [6.07, 6.45) is 1.63. The third-order valence-electron chi connectivity index (χ3n) is 4.64. The first-order valence-corrected chi connectivity index (χ1v) is 9.66. The molecule has 2 N–H and O–H groups in total. The number of hydrogen-bond acceptors (Lipinski definition) is 6. The molecule has 2 aromatic carbocycles. The summed E-state index contributed by atoms with van der Waals surface area (Å²) in [5.41, 5.74) is 6.73. The van der Waals surface area contributed by atoms with Gasteiger partial charge in [-0.3, -0.25) is 0 Å². The molecule has 0 aliphatic carbocycles. The summed E-state index contributed by atoms with van der Waals surface area (Å²) in [6, 6.07) is 12.7. The molecule has 0 spiro atoms. The summed E-state index contributed by atoms with van der Waals surface area (Å²) in [5.74, 6) is 1.12. The van der Waals surface area contributed by atoms with Crippen LogP contribution in [0.1, 0.15) is 30.5 Å². The summed E-state index contributed by atoms with van der Waals surface area (Å²) in [6.45, 7) is 12.6. The summed E-state index contributed by atoms with van der Waals surface area (Å²) in [7, 11) is 0. The molecule has 0 fully saturated rings. The molecule has 0 saturated heterocycles. The van der Waals surface area contributed by atoms with Crippen LogP contribution in [0.15, 0.2) is 42.6 Å². The quantitative estimate of drug-likeness (QED) is 0.596. The first-order valence-electron chi connectivity index (χ1n) is 9.66. The highest BCUT2D eigenvalue weighted by Gasteiger charge is 2.07. The van der Waals surface area contributed by atoms with Crippen molar-refractivity contribution in [1.29, 1.82) is 0 Å². The zero-order valence-electron chi connectivity index (χ0n) is 17.2. The maximum Gasteiger partial charge on any atom is 0.249 e. The minimum Gasteiger partial charge on any atom is -0.372 e. The van der Waals surface area contributed by atoms with Crippen molar-refractivity contribution in [1.82, 2.24) is 15.2 Å². The van der Waals surface area contributed by atoms with Gasteiger partial charge in [-0.2, -0.15) is 10.1 Å². The number of benzene rings is 2. The Balaban J connectivity index is 1.77. The smallest absolute Gasteiger partial charge is 0.249 e. The molecule has 0 aliphatic rings. The third-order valence-corrected chi connectivity index (χ3v) is 4.64. The maximum absolute atomic E-state index is 4.55. The molecular formula is C22H28N6. The van der Waals surface area contributed by atoms with E-state index in [-0.39, 0.29) is 0 Å². The standard InChI is InChI=1S/C22H28N6/c1-6-28(7-2)19-8-9-20(17(5)13-19)25-21-14-23-27-22(26-21)24-18-11-15(3)10-16(4)12-18/h8-14H,6-7H2,1-5H3,(H2,24,25,26,27). The van der Waals surface area contributed by atoms with E-state index in [1.807, 2.05) is 0 Å². The van der Waals surface area contributed by atoms with Crippen molar-refractivity contribution in [2.45, 2.75) is 34.6 Å². The number of anilines is 5. The zero-order valence-corrected chi connectivity index (χ0v) is 17.2. The van der Waals surface area contributed by atoms with Crippen LogP contribution in [0.2, 0.25) is 0 Å². The van der Waals surface area contributed by atoms with Crippen molar-refractivity contribution >= 4 is 28.8 Å². The molecule has 3 aromatic rings. The van der Waals surface area contributed by atoms with Gasteiger partial charge in [0.25, 0.3) is 0 Å². The van der Waals surface area contributed by atoms with Crippen LogP contribution in [-0.4, -0.2) is 28.3 Å². The largest absolute Gasteiger partial charge is 0.372 e. The van der Waals surface area contributed by atoms with Crippen molar-refractivity contribution in [3.63, 3.8) is 0 Å². The Labute approximate surface area is 167 Å². The van der Waals surface area contributed by atoms with Crippen LogP contribution in [0.25, 0.3) is 0 Å². The number of aromatic nitrogens is 3. The van der Waals surface area contributed by atoms with E-state index in [9.17, 15) is 0 Å². The van der Waals surface area contributed by atoms with Gasteiger partial charge in [0.15, 0.2) is 5.82 Å². The highest BCUT2D eigenvalue weighted by Crippen LogP contribution is 2.25. The SMILES string of the molecule is CCN(CC)c1ccc(Nc2cnnc(Nc3cc(C)cc(C)c3)n2)c(C)c1. The molecule has 146 valence electrons. The minimum atomic E-state index is 0.465. The molecule has 6 nitrogen and oxygen atoms in total. The Morgan fingerprint density at radius 1 is 0.893 bits per heavy atom. The summed E-state index contributed by atoms with van der Waals surface area (Å²) < 4.78 is 0. The van der Waals surface area contributed by atoms with Crippen LogP contribution in [0.3, 0.4) is 0 Å². The van der Waals surface area contributed by atoms with E-state index in [2.05, 4.69) is 102 Å². The van der Waals surface area contributed by atoms with E-state index in [1.165, 1.54) is 16.8 Å². The number of nitrogens with zero attached hydrogens (tertiary/aromatic N) is 4. The molecular weight excluding hydrogens is 348 g/mol. The summed E-state index contributed by atoms with van der Waals surface area (Å²) in [4.78, 5) is 6.88. The number of rotatable bonds is 7. The van der Waals surface area contributed by atoms with Crippen LogP contribution in [0, 0.1) is 20.8 Å². The second kappa shape index (κ2) is 8.69.